The largest absolute Gasteiger partial charge is 0.324 e. The third-order valence-corrected chi connectivity index (χ3v) is 3.31. The summed E-state index contributed by atoms with van der Waals surface area (Å²) in [5.74, 6) is -0.655. The first-order valence-electron chi connectivity index (χ1n) is 5.65. The van der Waals surface area contributed by atoms with Crippen LogP contribution in [0.15, 0.2) is 35.6 Å². The van der Waals surface area contributed by atoms with Crippen LogP contribution in [0.4, 0.5) is 10.7 Å². The molecule has 0 aliphatic heterocycles. The molecule has 2 aromatic rings. The number of nitrogens with one attached hydrogen (secondary N) is 1. The number of hydrogen-bond donors (Lipinski definition) is 1. The Labute approximate surface area is 126 Å². The molecule has 0 aliphatic rings. The van der Waals surface area contributed by atoms with Crippen LogP contribution < -0.4 is 5.43 Å². The van der Waals surface area contributed by atoms with E-state index in [1.54, 1.807) is 0 Å². The highest BCUT2D eigenvalue weighted by Gasteiger charge is 2.11. The molecule has 10 nitrogen and oxygen atoms in total. The fourth-order valence-electron chi connectivity index (χ4n) is 1.35. The third-order valence-electron chi connectivity index (χ3n) is 2.34. The van der Waals surface area contributed by atoms with Crippen LogP contribution in [-0.2, 0) is 0 Å². The van der Waals surface area contributed by atoms with Gasteiger partial charge in [0.25, 0.3) is 11.6 Å². The molecule has 0 bridgehead atoms. The Bertz CT molecular complexity index is 754. The van der Waals surface area contributed by atoms with Crippen LogP contribution >= 0.6 is 11.3 Å². The first kappa shape index (κ1) is 15.2. The van der Waals surface area contributed by atoms with E-state index in [9.17, 15) is 25.0 Å². The number of nitrogens with zero attached hydrogens (tertiary/aromatic N) is 4. The van der Waals surface area contributed by atoms with Crippen LogP contribution in [-0.4, -0.2) is 27.0 Å². The van der Waals surface area contributed by atoms with Crippen molar-refractivity contribution < 1.29 is 14.6 Å². The molecule has 2 heterocycles. The Balaban J connectivity index is 1.98. The van der Waals surface area contributed by atoms with Crippen molar-refractivity contribution in [2.75, 3.05) is 0 Å². The van der Waals surface area contributed by atoms with E-state index < -0.39 is 15.8 Å². The van der Waals surface area contributed by atoms with E-state index >= 15 is 0 Å². The molecule has 0 radical (unpaired) electrons. The standard InChI is InChI=1S/C11H7N5O5S/c17-11(9-3-1-7(5-12-9)15(18)19)14-13-6-8-2-4-10(22-8)16(20)21/h1-6H,(H,14,17)/b13-6+. The zero-order valence-electron chi connectivity index (χ0n) is 10.7. The van der Waals surface area contributed by atoms with Crippen molar-refractivity contribution in [2.24, 2.45) is 5.10 Å². The lowest BCUT2D eigenvalue weighted by molar-refractivity contribution is -0.385. The van der Waals surface area contributed by atoms with E-state index in [-0.39, 0.29) is 16.4 Å². The molecule has 1 N–H and O–H groups in total. The van der Waals surface area contributed by atoms with Gasteiger partial charge in [-0.05, 0) is 12.1 Å². The van der Waals surface area contributed by atoms with E-state index in [4.69, 9.17) is 0 Å². The number of nitro groups is 2. The minimum absolute atomic E-state index is 0.0372. The number of rotatable bonds is 5. The van der Waals surface area contributed by atoms with Crippen LogP contribution in [0.25, 0.3) is 0 Å². The van der Waals surface area contributed by atoms with Gasteiger partial charge >= 0.3 is 5.00 Å². The second kappa shape index (κ2) is 6.49. The number of carbonyl (C=O) groups excluding carboxylic acids is 1. The van der Waals surface area contributed by atoms with Gasteiger partial charge in [-0.3, -0.25) is 25.0 Å². The second-order valence-corrected chi connectivity index (χ2v) is 4.88. The molecule has 0 spiro atoms. The summed E-state index contributed by atoms with van der Waals surface area (Å²) in [6, 6.07) is 5.15. The average molecular weight is 321 g/mol. The number of pyridine rings is 1. The van der Waals surface area contributed by atoms with Crippen molar-refractivity contribution in [3.05, 3.63) is 61.3 Å². The van der Waals surface area contributed by atoms with Crippen molar-refractivity contribution in [3.63, 3.8) is 0 Å². The molecule has 0 atom stereocenters. The molecule has 11 heteroatoms. The molecule has 2 aromatic heterocycles. The number of hydrogen-bond acceptors (Lipinski definition) is 8. The fourth-order valence-corrected chi connectivity index (χ4v) is 2.04. The maximum Gasteiger partial charge on any atom is 0.324 e. The molecular formula is C11H7N5O5S. The monoisotopic (exact) mass is 321 g/mol. The highest BCUT2D eigenvalue weighted by atomic mass is 32.1. The molecule has 112 valence electrons. The molecular weight excluding hydrogens is 314 g/mol. The van der Waals surface area contributed by atoms with Crippen LogP contribution in [0.2, 0.25) is 0 Å². The summed E-state index contributed by atoms with van der Waals surface area (Å²) in [5, 5.41) is 24.6. The summed E-state index contributed by atoms with van der Waals surface area (Å²) in [4.78, 5) is 35.6. The quantitative estimate of drug-likeness (QED) is 0.505. The fraction of sp³-hybridized carbons (Fsp3) is 0. The first-order chi connectivity index (χ1) is 10.5. The summed E-state index contributed by atoms with van der Waals surface area (Å²) >= 11 is 0.903. The lowest BCUT2D eigenvalue weighted by Gasteiger charge is -1.97. The molecule has 22 heavy (non-hydrogen) atoms. The van der Waals surface area contributed by atoms with Gasteiger partial charge in [-0.1, -0.05) is 11.3 Å². The van der Waals surface area contributed by atoms with Crippen LogP contribution in [0, 0.1) is 20.2 Å². The molecule has 0 saturated heterocycles. The zero-order valence-corrected chi connectivity index (χ0v) is 11.5. The lowest BCUT2D eigenvalue weighted by Crippen LogP contribution is -2.18. The molecule has 0 unspecified atom stereocenters. The average Bonchev–Trinajstić information content (AvgIpc) is 2.96. The van der Waals surface area contributed by atoms with Crippen LogP contribution in [0.1, 0.15) is 15.4 Å². The van der Waals surface area contributed by atoms with Gasteiger partial charge in [0.15, 0.2) is 0 Å². The maximum atomic E-state index is 11.7. The topological polar surface area (TPSA) is 141 Å². The predicted molar refractivity (Wildman–Crippen MR) is 76.9 cm³/mol. The highest BCUT2D eigenvalue weighted by molar-refractivity contribution is 7.16. The Morgan fingerprint density at radius 3 is 2.55 bits per heavy atom. The van der Waals surface area contributed by atoms with Crippen molar-refractivity contribution in [1.82, 2.24) is 10.4 Å². The van der Waals surface area contributed by atoms with Gasteiger partial charge in [0, 0.05) is 12.1 Å². The molecule has 2 rings (SSSR count). The minimum Gasteiger partial charge on any atom is -0.266 e. The highest BCUT2D eigenvalue weighted by Crippen LogP contribution is 2.22. The van der Waals surface area contributed by atoms with Gasteiger partial charge in [0.2, 0.25) is 0 Å². The van der Waals surface area contributed by atoms with Gasteiger partial charge in [-0.2, -0.15) is 5.10 Å². The van der Waals surface area contributed by atoms with Crippen molar-refractivity contribution in [2.45, 2.75) is 0 Å². The van der Waals surface area contributed by atoms with Gasteiger partial charge < -0.3 is 0 Å². The molecule has 0 aromatic carbocycles. The summed E-state index contributed by atoms with van der Waals surface area (Å²) in [6.07, 6.45) is 2.21. The summed E-state index contributed by atoms with van der Waals surface area (Å²) in [6.45, 7) is 0. The maximum absolute atomic E-state index is 11.7. The summed E-state index contributed by atoms with van der Waals surface area (Å²) < 4.78 is 0. The molecule has 0 fully saturated rings. The van der Waals surface area contributed by atoms with E-state index in [1.165, 1.54) is 24.4 Å². The van der Waals surface area contributed by atoms with Crippen LogP contribution in [0.3, 0.4) is 0 Å². The van der Waals surface area contributed by atoms with E-state index in [1.807, 2.05) is 0 Å². The van der Waals surface area contributed by atoms with Crippen molar-refractivity contribution in [3.8, 4) is 0 Å². The van der Waals surface area contributed by atoms with E-state index in [0.29, 0.717) is 4.88 Å². The Morgan fingerprint density at radius 1 is 1.23 bits per heavy atom. The molecule has 0 saturated carbocycles. The van der Waals surface area contributed by atoms with Gasteiger partial charge in [-0.25, -0.2) is 10.4 Å². The molecule has 0 aliphatic carbocycles. The first-order valence-corrected chi connectivity index (χ1v) is 6.47. The molecule has 1 amide bonds. The Morgan fingerprint density at radius 2 is 2.00 bits per heavy atom. The van der Waals surface area contributed by atoms with Crippen LogP contribution in [0.5, 0.6) is 0 Å². The Kier molecular flexibility index (Phi) is 4.48. The number of aromatic nitrogens is 1. The summed E-state index contributed by atoms with van der Waals surface area (Å²) in [7, 11) is 0. The van der Waals surface area contributed by atoms with E-state index in [2.05, 4.69) is 15.5 Å². The van der Waals surface area contributed by atoms with Gasteiger partial charge in [0.05, 0.1) is 20.9 Å². The Hall–Kier alpha value is -3.21. The number of amides is 1. The summed E-state index contributed by atoms with van der Waals surface area (Å²) in [5.41, 5.74) is 1.90. The number of thiophene rings is 1. The smallest absolute Gasteiger partial charge is 0.266 e. The third kappa shape index (κ3) is 3.67. The van der Waals surface area contributed by atoms with Crippen molar-refractivity contribution >= 4 is 34.1 Å². The normalized spacial score (nSPS) is 10.5. The number of carbonyl (C=O) groups is 1. The lowest BCUT2D eigenvalue weighted by atomic mass is 10.3. The van der Waals surface area contributed by atoms with Crippen molar-refractivity contribution in [1.29, 1.82) is 0 Å². The van der Waals surface area contributed by atoms with Gasteiger partial charge in [-0.15, -0.1) is 0 Å². The SMILES string of the molecule is O=C(N/N=C/c1ccc([N+](=O)[O-])s1)c1ccc([N+](=O)[O-])cn1. The van der Waals surface area contributed by atoms with Gasteiger partial charge in [0.1, 0.15) is 11.9 Å². The van der Waals surface area contributed by atoms with E-state index in [0.717, 1.165) is 23.6 Å². The number of hydrazone groups is 1. The predicted octanol–water partition coefficient (Wildman–Crippen LogP) is 1.72. The second-order valence-electron chi connectivity index (χ2n) is 3.79. The minimum atomic E-state index is -0.655. The zero-order chi connectivity index (χ0) is 16.1.